The highest BCUT2D eigenvalue weighted by Crippen LogP contribution is 1.90. The number of nitrogens with one attached hydrogen (secondary N) is 1. The van der Waals surface area contributed by atoms with Crippen LogP contribution in [0.1, 0.15) is 6.42 Å². The lowest BCUT2D eigenvalue weighted by Gasteiger charge is -2.13. The fourth-order valence-corrected chi connectivity index (χ4v) is 0.754. The van der Waals surface area contributed by atoms with Gasteiger partial charge in [-0.25, -0.2) is 5.43 Å². The molecule has 3 heteroatoms. The van der Waals surface area contributed by atoms with E-state index in [1.165, 1.54) is 0 Å². The highest BCUT2D eigenvalue weighted by Gasteiger charge is 1.98. The minimum atomic E-state index is 0.763. The van der Waals surface area contributed by atoms with Crippen LogP contribution < -0.4 is 5.43 Å². The summed E-state index contributed by atoms with van der Waals surface area (Å²) in [5.41, 5.74) is 2.91. The zero-order valence-corrected chi connectivity index (χ0v) is 5.21. The van der Waals surface area contributed by atoms with Gasteiger partial charge >= 0.3 is 0 Å². The molecule has 3 nitrogen and oxygen atoms in total. The van der Waals surface area contributed by atoms with Crippen LogP contribution in [0.15, 0.2) is 12.2 Å². The van der Waals surface area contributed by atoms with Crippen molar-refractivity contribution in [2.45, 2.75) is 6.42 Å². The minimum Gasteiger partial charge on any atom is -0.280 e. The molecule has 0 bridgehead atoms. The number of hydrazine groups is 1. The number of carbonyl (C=O) groups is 1. The predicted molar refractivity (Wildman–Crippen MR) is 34.5 cm³/mol. The van der Waals surface area contributed by atoms with Gasteiger partial charge in [0.15, 0.2) is 0 Å². The lowest BCUT2D eigenvalue weighted by Crippen LogP contribution is -2.36. The molecule has 0 aliphatic carbocycles. The number of rotatable bonds is 1. The second kappa shape index (κ2) is 3.25. The van der Waals surface area contributed by atoms with Crippen molar-refractivity contribution in [2.24, 2.45) is 0 Å². The van der Waals surface area contributed by atoms with E-state index < -0.39 is 0 Å². The monoisotopic (exact) mass is 126 g/mol. The third kappa shape index (κ3) is 1.85. The van der Waals surface area contributed by atoms with Gasteiger partial charge in [0.1, 0.15) is 0 Å². The van der Waals surface area contributed by atoms with Crippen LogP contribution in [0, 0.1) is 0 Å². The van der Waals surface area contributed by atoms with Gasteiger partial charge in [0.25, 0.3) is 0 Å². The van der Waals surface area contributed by atoms with Crippen LogP contribution >= 0.6 is 0 Å². The number of nitrogens with zero attached hydrogens (tertiary/aromatic N) is 1. The van der Waals surface area contributed by atoms with Crippen LogP contribution in [-0.2, 0) is 4.79 Å². The van der Waals surface area contributed by atoms with E-state index in [0.29, 0.717) is 0 Å². The quantitative estimate of drug-likeness (QED) is 0.393. The Balaban J connectivity index is 2.34. The molecule has 50 valence electrons. The zero-order chi connectivity index (χ0) is 6.53. The van der Waals surface area contributed by atoms with E-state index in [4.69, 9.17) is 0 Å². The Morgan fingerprint density at radius 2 is 2.44 bits per heavy atom. The summed E-state index contributed by atoms with van der Waals surface area (Å²) >= 11 is 0. The average Bonchev–Trinajstić information content (AvgIpc) is 2.13. The normalized spacial score (nSPS) is 19.3. The molecule has 1 aliphatic heterocycles. The van der Waals surface area contributed by atoms with Crippen molar-refractivity contribution >= 4 is 6.41 Å². The van der Waals surface area contributed by atoms with Gasteiger partial charge in [-0.2, -0.15) is 0 Å². The Labute approximate surface area is 54.3 Å². The number of hydrogen-bond acceptors (Lipinski definition) is 2. The first kappa shape index (κ1) is 6.29. The molecule has 0 saturated heterocycles. The van der Waals surface area contributed by atoms with Gasteiger partial charge in [0.2, 0.25) is 6.41 Å². The first-order valence-electron chi connectivity index (χ1n) is 3.04. The minimum absolute atomic E-state index is 0.763. The Morgan fingerprint density at radius 1 is 1.56 bits per heavy atom. The van der Waals surface area contributed by atoms with Gasteiger partial charge < -0.3 is 0 Å². The predicted octanol–water partition coefficient (Wildman–Crippen LogP) is -0.0907. The molecule has 1 aliphatic rings. The Bertz CT molecular complexity index is 112. The molecule has 1 amide bonds. The average molecular weight is 126 g/mol. The van der Waals surface area contributed by atoms with Crippen molar-refractivity contribution in [1.82, 2.24) is 10.4 Å². The molecule has 9 heavy (non-hydrogen) atoms. The van der Waals surface area contributed by atoms with Crippen LogP contribution in [0.5, 0.6) is 0 Å². The summed E-state index contributed by atoms with van der Waals surface area (Å²) in [6.07, 6.45) is 5.85. The highest BCUT2D eigenvalue weighted by molar-refractivity contribution is 5.46. The number of amides is 1. The Kier molecular flexibility index (Phi) is 2.27. The maximum absolute atomic E-state index is 10.1. The zero-order valence-electron chi connectivity index (χ0n) is 5.21. The molecule has 0 unspecified atom stereocenters. The van der Waals surface area contributed by atoms with E-state index in [2.05, 4.69) is 11.5 Å². The SMILES string of the molecule is O=CN1CCC=CCN1. The third-order valence-corrected chi connectivity index (χ3v) is 1.24. The summed E-state index contributed by atoms with van der Waals surface area (Å²) in [5.74, 6) is 0. The van der Waals surface area contributed by atoms with E-state index >= 15 is 0 Å². The van der Waals surface area contributed by atoms with E-state index in [0.717, 1.165) is 25.9 Å². The second-order valence-electron chi connectivity index (χ2n) is 1.92. The fourth-order valence-electron chi connectivity index (χ4n) is 0.754. The van der Waals surface area contributed by atoms with Crippen molar-refractivity contribution in [1.29, 1.82) is 0 Å². The Morgan fingerprint density at radius 3 is 3.22 bits per heavy atom. The molecule has 1 N–H and O–H groups in total. The van der Waals surface area contributed by atoms with Crippen LogP contribution in [-0.4, -0.2) is 24.5 Å². The van der Waals surface area contributed by atoms with Gasteiger partial charge in [0.05, 0.1) is 0 Å². The van der Waals surface area contributed by atoms with Crippen LogP contribution in [0.4, 0.5) is 0 Å². The largest absolute Gasteiger partial charge is 0.280 e. The van der Waals surface area contributed by atoms with Gasteiger partial charge in [-0.3, -0.25) is 9.80 Å². The molecule has 0 atom stereocenters. The van der Waals surface area contributed by atoms with E-state index in [1.807, 2.05) is 6.08 Å². The van der Waals surface area contributed by atoms with Gasteiger partial charge in [-0.15, -0.1) is 0 Å². The van der Waals surface area contributed by atoms with Crippen molar-refractivity contribution in [3.05, 3.63) is 12.2 Å². The van der Waals surface area contributed by atoms with Crippen molar-refractivity contribution in [3.63, 3.8) is 0 Å². The maximum atomic E-state index is 10.1. The summed E-state index contributed by atoms with van der Waals surface area (Å²) in [6, 6.07) is 0. The van der Waals surface area contributed by atoms with Crippen molar-refractivity contribution < 1.29 is 4.79 Å². The summed E-state index contributed by atoms with van der Waals surface area (Å²) in [5, 5.41) is 1.56. The molecule has 0 aromatic rings. The van der Waals surface area contributed by atoms with Gasteiger partial charge in [-0.1, -0.05) is 12.2 Å². The first-order valence-corrected chi connectivity index (χ1v) is 3.04. The first-order chi connectivity index (χ1) is 4.43. The van der Waals surface area contributed by atoms with E-state index in [9.17, 15) is 4.79 Å². The lowest BCUT2D eigenvalue weighted by molar-refractivity contribution is -0.120. The smallest absolute Gasteiger partial charge is 0.223 e. The van der Waals surface area contributed by atoms with Crippen LogP contribution in [0.2, 0.25) is 0 Å². The molecular weight excluding hydrogens is 116 g/mol. The number of carbonyl (C=O) groups excluding carboxylic acids is 1. The standard InChI is InChI=1S/C6H10N2O/c9-6-8-5-3-1-2-4-7-8/h1-2,6-7H,3-5H2. The molecule has 0 aromatic heterocycles. The Hall–Kier alpha value is -0.830. The summed E-state index contributed by atoms with van der Waals surface area (Å²) in [4.78, 5) is 10.1. The van der Waals surface area contributed by atoms with Gasteiger partial charge in [0, 0.05) is 13.1 Å². The summed E-state index contributed by atoms with van der Waals surface area (Å²) < 4.78 is 0. The molecule has 1 rings (SSSR count). The van der Waals surface area contributed by atoms with Crippen molar-refractivity contribution in [3.8, 4) is 0 Å². The highest BCUT2D eigenvalue weighted by atomic mass is 16.1. The molecule has 0 spiro atoms. The summed E-state index contributed by atoms with van der Waals surface area (Å²) in [7, 11) is 0. The van der Waals surface area contributed by atoms with Crippen LogP contribution in [0.25, 0.3) is 0 Å². The lowest BCUT2D eigenvalue weighted by atomic mass is 10.4. The molecule has 0 saturated carbocycles. The topological polar surface area (TPSA) is 32.3 Å². The molecular formula is C6H10N2O. The van der Waals surface area contributed by atoms with Crippen molar-refractivity contribution in [2.75, 3.05) is 13.1 Å². The van der Waals surface area contributed by atoms with Gasteiger partial charge in [-0.05, 0) is 6.42 Å². The second-order valence-corrected chi connectivity index (χ2v) is 1.92. The van der Waals surface area contributed by atoms with E-state index in [-0.39, 0.29) is 0 Å². The fraction of sp³-hybridized carbons (Fsp3) is 0.500. The molecule has 0 aromatic carbocycles. The molecule has 0 radical (unpaired) electrons. The van der Waals surface area contributed by atoms with Crippen LogP contribution in [0.3, 0.4) is 0 Å². The molecule has 1 heterocycles. The number of hydrogen-bond donors (Lipinski definition) is 1. The molecule has 0 fully saturated rings. The third-order valence-electron chi connectivity index (χ3n) is 1.24. The summed E-state index contributed by atoms with van der Waals surface area (Å²) in [6.45, 7) is 1.54. The van der Waals surface area contributed by atoms with E-state index in [1.54, 1.807) is 5.01 Å². The maximum Gasteiger partial charge on any atom is 0.223 e.